The van der Waals surface area contributed by atoms with Crippen LogP contribution in [0.2, 0.25) is 0 Å². The predicted molar refractivity (Wildman–Crippen MR) is 69.7 cm³/mol. The Morgan fingerprint density at radius 1 is 1.10 bits per heavy atom. The van der Waals surface area contributed by atoms with Gasteiger partial charge in [0, 0.05) is 24.3 Å². The Morgan fingerprint density at radius 2 is 1.95 bits per heavy atom. The third kappa shape index (κ3) is 2.09. The number of aromatic amines is 1. The van der Waals surface area contributed by atoms with Crippen LogP contribution in [0.1, 0.15) is 5.56 Å². The van der Waals surface area contributed by atoms with Crippen LogP contribution in [0.3, 0.4) is 0 Å². The lowest BCUT2D eigenvalue weighted by Crippen LogP contribution is -2.03. The zero-order valence-electron chi connectivity index (χ0n) is 10.3. The van der Waals surface area contributed by atoms with Crippen molar-refractivity contribution in [1.82, 2.24) is 9.97 Å². The lowest BCUT2D eigenvalue weighted by atomic mass is 10.2. The third-order valence-corrected chi connectivity index (χ3v) is 3.04. The Kier molecular flexibility index (Phi) is 3.06. The van der Waals surface area contributed by atoms with Gasteiger partial charge >= 0.3 is 0 Å². The number of benzene rings is 1. The second-order valence-corrected chi connectivity index (χ2v) is 4.29. The number of rotatable bonds is 3. The molecular weight excluding hydrogens is 267 g/mol. The maximum atomic E-state index is 13.5. The Labute approximate surface area is 112 Å². The van der Waals surface area contributed by atoms with Crippen molar-refractivity contribution in [2.24, 2.45) is 0 Å². The normalized spacial score (nSPS) is 10.9. The highest BCUT2D eigenvalue weighted by molar-refractivity contribution is 5.79. The van der Waals surface area contributed by atoms with Crippen molar-refractivity contribution < 1.29 is 13.2 Å². The Balaban J connectivity index is 1.85. The number of aromatic nitrogens is 2. The monoisotopic (exact) mass is 277 g/mol. The van der Waals surface area contributed by atoms with Gasteiger partial charge in [-0.3, -0.25) is 0 Å². The van der Waals surface area contributed by atoms with Gasteiger partial charge in [-0.15, -0.1) is 0 Å². The Morgan fingerprint density at radius 3 is 2.80 bits per heavy atom. The van der Waals surface area contributed by atoms with Gasteiger partial charge in [0.25, 0.3) is 0 Å². The van der Waals surface area contributed by atoms with Crippen molar-refractivity contribution in [2.75, 3.05) is 5.32 Å². The van der Waals surface area contributed by atoms with Gasteiger partial charge in [-0.1, -0.05) is 0 Å². The van der Waals surface area contributed by atoms with Crippen LogP contribution in [0, 0.1) is 17.5 Å². The van der Waals surface area contributed by atoms with Gasteiger partial charge in [-0.2, -0.15) is 0 Å². The number of hydrogen-bond acceptors (Lipinski definition) is 2. The number of nitrogens with zero attached hydrogens (tertiary/aromatic N) is 1. The summed E-state index contributed by atoms with van der Waals surface area (Å²) in [5.41, 5.74) is 1.49. The molecule has 0 atom stereocenters. The van der Waals surface area contributed by atoms with Gasteiger partial charge in [0.15, 0.2) is 17.5 Å². The first kappa shape index (κ1) is 12.5. The first-order valence-corrected chi connectivity index (χ1v) is 5.95. The number of H-pyrrole nitrogens is 1. The van der Waals surface area contributed by atoms with E-state index in [0.29, 0.717) is 0 Å². The van der Waals surface area contributed by atoms with E-state index in [1.807, 2.05) is 6.07 Å². The summed E-state index contributed by atoms with van der Waals surface area (Å²) in [6.07, 6.45) is 3.40. The van der Waals surface area contributed by atoms with Crippen molar-refractivity contribution in [3.8, 4) is 0 Å². The molecule has 1 aromatic carbocycles. The molecule has 20 heavy (non-hydrogen) atoms. The topological polar surface area (TPSA) is 40.7 Å². The maximum Gasteiger partial charge on any atom is 0.196 e. The van der Waals surface area contributed by atoms with E-state index < -0.39 is 17.5 Å². The molecule has 0 fully saturated rings. The lowest BCUT2D eigenvalue weighted by molar-refractivity contribution is 0.449. The van der Waals surface area contributed by atoms with Gasteiger partial charge in [0.1, 0.15) is 5.65 Å². The summed E-state index contributed by atoms with van der Waals surface area (Å²) in [7, 11) is 0. The molecule has 0 saturated carbocycles. The SMILES string of the molecule is Fc1ccc(NCc2c[nH]c3ncccc23)c(F)c1F. The van der Waals surface area contributed by atoms with Crippen LogP contribution in [-0.2, 0) is 6.54 Å². The minimum absolute atomic E-state index is 0.0814. The quantitative estimate of drug-likeness (QED) is 0.718. The number of pyridine rings is 1. The van der Waals surface area contributed by atoms with E-state index in [9.17, 15) is 13.2 Å². The largest absolute Gasteiger partial charge is 0.378 e. The summed E-state index contributed by atoms with van der Waals surface area (Å²) in [5.74, 6) is -3.90. The highest BCUT2D eigenvalue weighted by Gasteiger charge is 2.13. The molecule has 6 heteroatoms. The van der Waals surface area contributed by atoms with Crippen LogP contribution in [0.15, 0.2) is 36.7 Å². The molecule has 0 aliphatic rings. The highest BCUT2D eigenvalue weighted by Crippen LogP contribution is 2.22. The fraction of sp³-hybridized carbons (Fsp3) is 0.0714. The molecule has 0 radical (unpaired) electrons. The van der Waals surface area contributed by atoms with E-state index in [4.69, 9.17) is 0 Å². The number of fused-ring (bicyclic) bond motifs is 1. The van der Waals surface area contributed by atoms with Crippen LogP contribution >= 0.6 is 0 Å². The van der Waals surface area contributed by atoms with Gasteiger partial charge in [-0.25, -0.2) is 18.2 Å². The predicted octanol–water partition coefficient (Wildman–Crippen LogP) is 3.59. The van der Waals surface area contributed by atoms with E-state index in [1.165, 1.54) is 6.07 Å². The van der Waals surface area contributed by atoms with Crippen LogP contribution < -0.4 is 5.32 Å². The molecule has 0 spiro atoms. The Bertz CT molecular complexity index is 767. The minimum atomic E-state index is -1.48. The van der Waals surface area contributed by atoms with Crippen LogP contribution in [-0.4, -0.2) is 9.97 Å². The second-order valence-electron chi connectivity index (χ2n) is 4.29. The highest BCUT2D eigenvalue weighted by atomic mass is 19.2. The maximum absolute atomic E-state index is 13.5. The molecule has 2 N–H and O–H groups in total. The smallest absolute Gasteiger partial charge is 0.196 e. The molecule has 0 aliphatic carbocycles. The molecule has 0 bridgehead atoms. The van der Waals surface area contributed by atoms with Crippen LogP contribution in [0.5, 0.6) is 0 Å². The number of anilines is 1. The average Bonchev–Trinajstić information content (AvgIpc) is 2.87. The lowest BCUT2D eigenvalue weighted by Gasteiger charge is -2.07. The van der Waals surface area contributed by atoms with E-state index in [-0.39, 0.29) is 12.2 Å². The summed E-state index contributed by atoms with van der Waals surface area (Å²) in [6, 6.07) is 5.72. The number of hydrogen-bond donors (Lipinski definition) is 2. The van der Waals surface area contributed by atoms with Crippen LogP contribution in [0.25, 0.3) is 11.0 Å². The van der Waals surface area contributed by atoms with Gasteiger partial charge in [-0.05, 0) is 29.8 Å². The molecule has 3 rings (SSSR count). The van der Waals surface area contributed by atoms with Crippen molar-refractivity contribution >= 4 is 16.7 Å². The number of halogens is 3. The fourth-order valence-electron chi connectivity index (χ4n) is 2.01. The summed E-state index contributed by atoms with van der Waals surface area (Å²) in [5, 5.41) is 3.64. The molecule has 0 aliphatic heterocycles. The molecule has 102 valence electrons. The minimum Gasteiger partial charge on any atom is -0.378 e. The van der Waals surface area contributed by atoms with Crippen molar-refractivity contribution in [3.63, 3.8) is 0 Å². The Hall–Kier alpha value is -2.50. The van der Waals surface area contributed by atoms with Crippen molar-refractivity contribution in [2.45, 2.75) is 6.54 Å². The summed E-state index contributed by atoms with van der Waals surface area (Å²) >= 11 is 0. The first-order chi connectivity index (χ1) is 9.66. The standard InChI is InChI=1S/C14H10F3N3/c15-10-3-4-11(13(17)12(10)16)19-6-8-7-20-14-9(8)2-1-5-18-14/h1-5,7,19H,6H2,(H,18,20). The molecule has 0 unspecified atom stereocenters. The summed E-state index contributed by atoms with van der Waals surface area (Å²) < 4.78 is 39.4. The van der Waals surface area contributed by atoms with Crippen molar-refractivity contribution in [1.29, 1.82) is 0 Å². The van der Waals surface area contributed by atoms with E-state index in [2.05, 4.69) is 15.3 Å². The molecule has 0 saturated heterocycles. The third-order valence-electron chi connectivity index (χ3n) is 3.04. The zero-order valence-corrected chi connectivity index (χ0v) is 10.3. The summed E-state index contributed by atoms with van der Waals surface area (Å²) in [6.45, 7) is 0.272. The molecule has 2 aromatic heterocycles. The molecule has 0 amide bonds. The fourth-order valence-corrected chi connectivity index (χ4v) is 2.01. The molecule has 2 heterocycles. The van der Waals surface area contributed by atoms with Gasteiger partial charge in [0.05, 0.1) is 5.69 Å². The molecule has 3 aromatic rings. The van der Waals surface area contributed by atoms with E-state index in [0.717, 1.165) is 22.7 Å². The van der Waals surface area contributed by atoms with Crippen LogP contribution in [0.4, 0.5) is 18.9 Å². The molecular formula is C14H10F3N3. The first-order valence-electron chi connectivity index (χ1n) is 5.95. The van der Waals surface area contributed by atoms with E-state index in [1.54, 1.807) is 18.5 Å². The zero-order chi connectivity index (χ0) is 14.1. The number of nitrogens with one attached hydrogen (secondary N) is 2. The second kappa shape index (κ2) is 4.88. The van der Waals surface area contributed by atoms with Gasteiger partial charge < -0.3 is 10.3 Å². The van der Waals surface area contributed by atoms with Gasteiger partial charge in [0.2, 0.25) is 0 Å². The van der Waals surface area contributed by atoms with Crippen molar-refractivity contribution in [3.05, 3.63) is 59.7 Å². The summed E-state index contributed by atoms with van der Waals surface area (Å²) in [4.78, 5) is 7.11. The molecule has 3 nitrogen and oxygen atoms in total. The van der Waals surface area contributed by atoms with E-state index >= 15 is 0 Å². The average molecular weight is 277 g/mol.